The Labute approximate surface area is 135 Å². The molecule has 1 amide bonds. The first-order valence-electron chi connectivity index (χ1n) is 6.42. The average Bonchev–Trinajstić information content (AvgIpc) is 3.12. The third kappa shape index (κ3) is 2.92. The number of phenolic OH excluding ortho intramolecular Hbond substituents is 1. The third-order valence-corrected chi connectivity index (χ3v) is 4.16. The minimum Gasteiger partial charge on any atom is -0.506 e. The first-order chi connectivity index (χ1) is 10.6. The van der Waals surface area contributed by atoms with E-state index < -0.39 is 0 Å². The maximum Gasteiger partial charge on any atom is 0.244 e. The number of aromatic nitrogens is 3. The highest BCUT2D eigenvalue weighted by molar-refractivity contribution is 7.71. The van der Waals surface area contributed by atoms with Crippen molar-refractivity contribution in [3.8, 4) is 16.5 Å². The summed E-state index contributed by atoms with van der Waals surface area (Å²) in [5, 5.41) is 21.1. The smallest absolute Gasteiger partial charge is 0.244 e. The van der Waals surface area contributed by atoms with Gasteiger partial charge in [0.1, 0.15) is 12.3 Å². The van der Waals surface area contributed by atoms with E-state index in [0.29, 0.717) is 16.3 Å². The first-order valence-corrected chi connectivity index (χ1v) is 7.71. The van der Waals surface area contributed by atoms with E-state index in [2.05, 4.69) is 15.5 Å². The number of hydrogen-bond donors (Lipinski definition) is 3. The zero-order valence-corrected chi connectivity index (χ0v) is 12.9. The Kier molecular flexibility index (Phi) is 4.03. The Morgan fingerprint density at radius 1 is 1.36 bits per heavy atom. The zero-order chi connectivity index (χ0) is 15.5. The van der Waals surface area contributed by atoms with Crippen LogP contribution in [0.5, 0.6) is 5.75 Å². The number of thiophene rings is 1. The summed E-state index contributed by atoms with van der Waals surface area (Å²) in [4.78, 5) is 13.1. The van der Waals surface area contributed by atoms with Crippen molar-refractivity contribution in [2.45, 2.75) is 6.54 Å². The molecule has 2 aromatic heterocycles. The maximum atomic E-state index is 12.2. The number of nitrogens with zero attached hydrogens (tertiary/aromatic N) is 2. The van der Waals surface area contributed by atoms with Gasteiger partial charge in [-0.3, -0.25) is 14.5 Å². The van der Waals surface area contributed by atoms with E-state index in [9.17, 15) is 9.90 Å². The van der Waals surface area contributed by atoms with E-state index in [0.717, 1.165) is 4.88 Å². The van der Waals surface area contributed by atoms with Gasteiger partial charge in [-0.2, -0.15) is 5.10 Å². The molecule has 3 rings (SSSR count). The van der Waals surface area contributed by atoms with Crippen LogP contribution in [0.2, 0.25) is 0 Å². The van der Waals surface area contributed by atoms with Crippen molar-refractivity contribution in [3.63, 3.8) is 0 Å². The molecule has 0 atom stereocenters. The summed E-state index contributed by atoms with van der Waals surface area (Å²) < 4.78 is 1.99. The van der Waals surface area contributed by atoms with Gasteiger partial charge in [0.2, 0.25) is 5.91 Å². The number of carbonyl (C=O) groups is 1. The topological polar surface area (TPSA) is 82.9 Å². The second-order valence-corrected chi connectivity index (χ2v) is 5.82. The van der Waals surface area contributed by atoms with E-state index in [-0.39, 0.29) is 18.2 Å². The van der Waals surface area contributed by atoms with Gasteiger partial charge in [-0.15, -0.1) is 11.3 Å². The highest BCUT2D eigenvalue weighted by Gasteiger charge is 2.14. The molecule has 22 heavy (non-hydrogen) atoms. The average molecular weight is 332 g/mol. The molecule has 6 nitrogen and oxygen atoms in total. The number of nitrogens with one attached hydrogen (secondary N) is 2. The van der Waals surface area contributed by atoms with Crippen molar-refractivity contribution < 1.29 is 9.90 Å². The molecular weight excluding hydrogens is 320 g/mol. The highest BCUT2D eigenvalue weighted by Crippen LogP contribution is 2.24. The van der Waals surface area contributed by atoms with E-state index >= 15 is 0 Å². The maximum absolute atomic E-state index is 12.2. The van der Waals surface area contributed by atoms with Crippen molar-refractivity contribution in [2.24, 2.45) is 0 Å². The predicted octanol–water partition coefficient (Wildman–Crippen LogP) is 3.01. The molecule has 0 radical (unpaired) electrons. The van der Waals surface area contributed by atoms with Crippen LogP contribution in [0.15, 0.2) is 41.8 Å². The Balaban J connectivity index is 1.82. The van der Waals surface area contributed by atoms with Gasteiger partial charge in [0.25, 0.3) is 0 Å². The van der Waals surface area contributed by atoms with Crippen LogP contribution in [0.25, 0.3) is 10.7 Å². The second-order valence-electron chi connectivity index (χ2n) is 4.48. The fourth-order valence-corrected chi connectivity index (χ4v) is 2.89. The molecule has 0 spiro atoms. The Morgan fingerprint density at radius 3 is 2.91 bits per heavy atom. The number of para-hydroxylation sites is 2. The van der Waals surface area contributed by atoms with Gasteiger partial charge in [0.05, 0.1) is 10.6 Å². The molecule has 0 fully saturated rings. The Hall–Kier alpha value is -2.45. The summed E-state index contributed by atoms with van der Waals surface area (Å²) in [7, 11) is 0. The SMILES string of the molecule is O=C(Cn1c(-c2cccs2)n[nH]c1=S)Nc1ccccc1O. The summed E-state index contributed by atoms with van der Waals surface area (Å²) in [5.74, 6) is 0.342. The minimum absolute atomic E-state index is 0.0108. The van der Waals surface area contributed by atoms with Gasteiger partial charge in [-0.05, 0) is 35.8 Å². The lowest BCUT2D eigenvalue weighted by molar-refractivity contribution is -0.116. The summed E-state index contributed by atoms with van der Waals surface area (Å²) >= 11 is 6.69. The summed E-state index contributed by atoms with van der Waals surface area (Å²) in [6.45, 7) is 0.0108. The number of carbonyl (C=O) groups excluding carboxylic acids is 1. The lowest BCUT2D eigenvalue weighted by Crippen LogP contribution is -2.19. The number of benzene rings is 1. The number of H-pyrrole nitrogens is 1. The van der Waals surface area contributed by atoms with Gasteiger partial charge in [0, 0.05) is 0 Å². The number of amides is 1. The quantitative estimate of drug-likeness (QED) is 0.506. The lowest BCUT2D eigenvalue weighted by Gasteiger charge is -2.08. The molecule has 0 aliphatic rings. The molecule has 0 aliphatic carbocycles. The van der Waals surface area contributed by atoms with Crippen LogP contribution in [-0.4, -0.2) is 25.8 Å². The van der Waals surface area contributed by atoms with Crippen LogP contribution < -0.4 is 5.32 Å². The van der Waals surface area contributed by atoms with Gasteiger partial charge in [0.15, 0.2) is 10.6 Å². The zero-order valence-electron chi connectivity index (χ0n) is 11.3. The van der Waals surface area contributed by atoms with Gasteiger partial charge < -0.3 is 10.4 Å². The van der Waals surface area contributed by atoms with Crippen LogP contribution in [0.3, 0.4) is 0 Å². The lowest BCUT2D eigenvalue weighted by atomic mass is 10.3. The molecule has 0 aliphatic heterocycles. The first kappa shape index (κ1) is 14.5. The summed E-state index contributed by atoms with van der Waals surface area (Å²) in [6, 6.07) is 10.4. The van der Waals surface area contributed by atoms with Crippen molar-refractivity contribution >= 4 is 35.1 Å². The van der Waals surface area contributed by atoms with E-state index in [1.807, 2.05) is 17.5 Å². The number of aromatic hydroxyl groups is 1. The number of anilines is 1. The molecule has 3 N–H and O–H groups in total. The van der Waals surface area contributed by atoms with Gasteiger partial charge in [-0.1, -0.05) is 18.2 Å². The molecule has 0 saturated heterocycles. The second kappa shape index (κ2) is 6.12. The standard InChI is InChI=1S/C14H12N4O2S2/c19-10-5-2-1-4-9(10)15-12(20)8-18-13(16-17-14(18)21)11-6-3-7-22-11/h1-7,19H,8H2,(H,15,20)(H,17,21). The van der Waals surface area contributed by atoms with E-state index in [1.165, 1.54) is 17.4 Å². The van der Waals surface area contributed by atoms with Crippen LogP contribution in [0.1, 0.15) is 0 Å². The monoisotopic (exact) mass is 332 g/mol. The molecule has 2 heterocycles. The number of hydrogen-bond acceptors (Lipinski definition) is 5. The Morgan fingerprint density at radius 2 is 2.18 bits per heavy atom. The number of rotatable bonds is 4. The van der Waals surface area contributed by atoms with E-state index in [1.54, 1.807) is 22.8 Å². The molecule has 0 unspecified atom stereocenters. The minimum atomic E-state index is -0.295. The largest absolute Gasteiger partial charge is 0.506 e. The molecule has 8 heteroatoms. The number of aromatic amines is 1. The fourth-order valence-electron chi connectivity index (χ4n) is 1.97. The summed E-state index contributed by atoms with van der Waals surface area (Å²) in [6.07, 6.45) is 0. The van der Waals surface area contributed by atoms with Crippen molar-refractivity contribution in [2.75, 3.05) is 5.32 Å². The highest BCUT2D eigenvalue weighted by atomic mass is 32.1. The van der Waals surface area contributed by atoms with Crippen molar-refractivity contribution in [1.82, 2.24) is 14.8 Å². The molecule has 0 saturated carbocycles. The molecule has 112 valence electrons. The predicted molar refractivity (Wildman–Crippen MR) is 87.5 cm³/mol. The van der Waals surface area contributed by atoms with Crippen LogP contribution in [0.4, 0.5) is 5.69 Å². The van der Waals surface area contributed by atoms with Crippen LogP contribution >= 0.6 is 23.6 Å². The molecule has 3 aromatic rings. The van der Waals surface area contributed by atoms with Crippen LogP contribution in [-0.2, 0) is 11.3 Å². The fraction of sp³-hybridized carbons (Fsp3) is 0.0714. The van der Waals surface area contributed by atoms with E-state index in [4.69, 9.17) is 12.2 Å². The van der Waals surface area contributed by atoms with Gasteiger partial charge in [-0.25, -0.2) is 0 Å². The van der Waals surface area contributed by atoms with Gasteiger partial charge >= 0.3 is 0 Å². The Bertz CT molecular complexity index is 852. The molecule has 0 bridgehead atoms. The van der Waals surface area contributed by atoms with Crippen molar-refractivity contribution in [1.29, 1.82) is 0 Å². The number of phenols is 1. The molecular formula is C14H12N4O2S2. The summed E-state index contributed by atoms with van der Waals surface area (Å²) in [5.41, 5.74) is 0.361. The van der Waals surface area contributed by atoms with Crippen molar-refractivity contribution in [3.05, 3.63) is 46.5 Å². The third-order valence-electron chi connectivity index (χ3n) is 2.98. The molecule has 1 aromatic carbocycles. The normalized spacial score (nSPS) is 10.5. The van der Waals surface area contributed by atoms with Crippen LogP contribution in [0, 0.1) is 4.77 Å².